The summed E-state index contributed by atoms with van der Waals surface area (Å²) in [5.74, 6) is -1.91. The zero-order valence-corrected chi connectivity index (χ0v) is 18.0. The molecule has 2 N–H and O–H groups in total. The Morgan fingerprint density at radius 1 is 1.31 bits per heavy atom. The number of urea groups is 1. The number of carboxylic acid groups (broad SMARTS) is 1. The van der Waals surface area contributed by atoms with Crippen LogP contribution in [0.2, 0.25) is 0 Å². The van der Waals surface area contributed by atoms with Crippen LogP contribution in [0.4, 0.5) is 18.0 Å². The Kier molecular flexibility index (Phi) is 7.65. The van der Waals surface area contributed by atoms with Crippen LogP contribution in [0.3, 0.4) is 0 Å². The van der Waals surface area contributed by atoms with E-state index in [9.17, 15) is 18.0 Å². The molecule has 3 aliphatic heterocycles. The molecule has 1 spiro atoms. The van der Waals surface area contributed by atoms with Gasteiger partial charge < -0.3 is 24.6 Å². The fourth-order valence-electron chi connectivity index (χ4n) is 4.41. The minimum atomic E-state index is -5.08. The second-order valence-corrected chi connectivity index (χ2v) is 8.56. The fraction of sp³-hybridized carbons (Fsp3) is 0.750. The van der Waals surface area contributed by atoms with Crippen LogP contribution in [-0.2, 0) is 16.1 Å². The molecule has 1 aromatic heterocycles. The minimum Gasteiger partial charge on any atom is -0.475 e. The van der Waals surface area contributed by atoms with Crippen molar-refractivity contribution in [1.82, 2.24) is 20.3 Å². The predicted molar refractivity (Wildman–Crippen MR) is 106 cm³/mol. The van der Waals surface area contributed by atoms with E-state index in [0.717, 1.165) is 82.9 Å². The monoisotopic (exact) mass is 462 g/mol. The van der Waals surface area contributed by atoms with Gasteiger partial charge in [-0.15, -0.1) is 0 Å². The standard InChI is InChI=1S/C18H28N4O3.C2HF3O2/c1-14-10-16(20-25-14)12-21-8-5-18(13-21)11-15(4-9-24-18)19-17(23)22-6-2-3-7-22;3-2(4,5)1(6)7/h10,15H,2-9,11-13H2,1H3,(H,19,23);(H,6,7)/t15-,18-;/m1./s1. The lowest BCUT2D eigenvalue weighted by molar-refractivity contribution is -0.192. The number of aromatic nitrogens is 1. The lowest BCUT2D eigenvalue weighted by atomic mass is 9.89. The number of nitrogens with zero attached hydrogens (tertiary/aromatic N) is 3. The summed E-state index contributed by atoms with van der Waals surface area (Å²) < 4.78 is 43.1. The summed E-state index contributed by atoms with van der Waals surface area (Å²) in [6.45, 7) is 7.12. The molecular weight excluding hydrogens is 433 g/mol. The number of rotatable bonds is 3. The second-order valence-electron chi connectivity index (χ2n) is 8.56. The van der Waals surface area contributed by atoms with Gasteiger partial charge in [0.05, 0.1) is 11.3 Å². The molecule has 3 saturated heterocycles. The number of carbonyl (C=O) groups excluding carboxylic acids is 1. The molecule has 0 saturated carbocycles. The van der Waals surface area contributed by atoms with Crippen molar-refractivity contribution in [3.63, 3.8) is 0 Å². The summed E-state index contributed by atoms with van der Waals surface area (Å²) in [6.07, 6.45) is -0.00607. The molecule has 3 aliphatic rings. The highest BCUT2D eigenvalue weighted by Crippen LogP contribution is 2.35. The maximum atomic E-state index is 12.4. The molecule has 2 amide bonds. The number of halogens is 3. The highest BCUT2D eigenvalue weighted by molar-refractivity contribution is 5.74. The molecular formula is C20H29F3N4O5. The minimum absolute atomic E-state index is 0.104. The molecule has 9 nitrogen and oxygen atoms in total. The normalized spacial score (nSPS) is 26.1. The Hall–Kier alpha value is -2.34. The first-order chi connectivity index (χ1) is 15.1. The lowest BCUT2D eigenvalue weighted by Crippen LogP contribution is -2.52. The Bertz CT molecular complexity index is 796. The van der Waals surface area contributed by atoms with Crippen molar-refractivity contribution in [2.24, 2.45) is 0 Å². The molecule has 0 unspecified atom stereocenters. The molecule has 3 fully saturated rings. The summed E-state index contributed by atoms with van der Waals surface area (Å²) in [5.41, 5.74) is 0.851. The van der Waals surface area contributed by atoms with Crippen LogP contribution in [0.1, 0.15) is 43.6 Å². The van der Waals surface area contributed by atoms with Gasteiger partial charge in [0.15, 0.2) is 0 Å². The number of hydrogen-bond acceptors (Lipinski definition) is 6. The number of carbonyl (C=O) groups is 2. The van der Waals surface area contributed by atoms with E-state index in [1.165, 1.54) is 0 Å². The fourth-order valence-corrected chi connectivity index (χ4v) is 4.41. The smallest absolute Gasteiger partial charge is 0.475 e. The van der Waals surface area contributed by atoms with Crippen LogP contribution in [0, 0.1) is 6.92 Å². The Morgan fingerprint density at radius 2 is 2.00 bits per heavy atom. The van der Waals surface area contributed by atoms with Crippen LogP contribution in [-0.4, -0.2) is 82.7 Å². The van der Waals surface area contributed by atoms with Crippen molar-refractivity contribution in [2.45, 2.75) is 63.4 Å². The van der Waals surface area contributed by atoms with Gasteiger partial charge in [0.2, 0.25) is 0 Å². The molecule has 12 heteroatoms. The van der Waals surface area contributed by atoms with Crippen molar-refractivity contribution < 1.29 is 37.1 Å². The van der Waals surface area contributed by atoms with Gasteiger partial charge in [0.1, 0.15) is 5.76 Å². The predicted octanol–water partition coefficient (Wildman–Crippen LogP) is 2.55. The third-order valence-electron chi connectivity index (χ3n) is 5.91. The number of ether oxygens (including phenoxy) is 1. The maximum Gasteiger partial charge on any atom is 0.490 e. The summed E-state index contributed by atoms with van der Waals surface area (Å²) in [4.78, 5) is 25.6. The summed E-state index contributed by atoms with van der Waals surface area (Å²) >= 11 is 0. The van der Waals surface area contributed by atoms with Crippen LogP contribution >= 0.6 is 0 Å². The first-order valence-corrected chi connectivity index (χ1v) is 10.7. The average molecular weight is 462 g/mol. The third kappa shape index (κ3) is 6.58. The molecule has 0 aromatic carbocycles. The molecule has 0 radical (unpaired) electrons. The summed E-state index contributed by atoms with van der Waals surface area (Å²) in [5, 5.41) is 14.5. The zero-order valence-electron chi connectivity index (χ0n) is 18.0. The molecule has 1 aromatic rings. The Balaban J connectivity index is 0.000000360. The Labute approximate surface area is 183 Å². The highest BCUT2D eigenvalue weighted by atomic mass is 19.4. The maximum absolute atomic E-state index is 12.4. The molecule has 180 valence electrons. The largest absolute Gasteiger partial charge is 0.490 e. The van der Waals surface area contributed by atoms with Crippen LogP contribution < -0.4 is 5.32 Å². The quantitative estimate of drug-likeness (QED) is 0.711. The number of carboxylic acids is 1. The number of hydrogen-bond donors (Lipinski definition) is 2. The lowest BCUT2D eigenvalue weighted by Gasteiger charge is -2.39. The number of aryl methyl sites for hydroxylation is 1. The Morgan fingerprint density at radius 3 is 2.59 bits per heavy atom. The van der Waals surface area contributed by atoms with Crippen LogP contribution in [0.5, 0.6) is 0 Å². The topological polar surface area (TPSA) is 108 Å². The second kappa shape index (κ2) is 10.1. The molecule has 2 atom stereocenters. The van der Waals surface area contributed by atoms with Crippen molar-refractivity contribution in [3.05, 3.63) is 17.5 Å². The summed E-state index contributed by atoms with van der Waals surface area (Å²) in [6, 6.07) is 2.31. The molecule has 0 aliphatic carbocycles. The highest BCUT2D eigenvalue weighted by Gasteiger charge is 2.44. The van der Waals surface area contributed by atoms with Crippen LogP contribution in [0.15, 0.2) is 10.6 Å². The third-order valence-corrected chi connectivity index (χ3v) is 5.91. The summed E-state index contributed by atoms with van der Waals surface area (Å²) in [7, 11) is 0. The number of likely N-dealkylation sites (tertiary alicyclic amines) is 2. The van der Waals surface area contributed by atoms with E-state index >= 15 is 0 Å². The molecule has 4 heterocycles. The van der Waals surface area contributed by atoms with Gasteiger partial charge in [-0.2, -0.15) is 13.2 Å². The molecule has 0 bridgehead atoms. The van der Waals surface area contributed by atoms with Crippen LogP contribution in [0.25, 0.3) is 0 Å². The number of alkyl halides is 3. The number of amides is 2. The van der Waals surface area contributed by atoms with Gasteiger partial charge in [-0.25, -0.2) is 9.59 Å². The van der Waals surface area contributed by atoms with E-state index in [1.54, 1.807) is 0 Å². The van der Waals surface area contributed by atoms with Crippen molar-refractivity contribution in [2.75, 3.05) is 32.8 Å². The molecule has 4 rings (SSSR count). The van der Waals surface area contributed by atoms with Gasteiger partial charge in [-0.3, -0.25) is 4.90 Å². The van der Waals surface area contributed by atoms with E-state index in [1.807, 2.05) is 17.9 Å². The van der Waals surface area contributed by atoms with Gasteiger partial charge in [-0.05, 0) is 39.0 Å². The van der Waals surface area contributed by atoms with Gasteiger partial charge >= 0.3 is 18.2 Å². The first kappa shape index (κ1) is 24.3. The van der Waals surface area contributed by atoms with E-state index in [-0.39, 0.29) is 17.7 Å². The van der Waals surface area contributed by atoms with Crippen molar-refractivity contribution in [3.8, 4) is 0 Å². The number of nitrogens with one attached hydrogen (secondary N) is 1. The van der Waals surface area contributed by atoms with E-state index in [0.29, 0.717) is 0 Å². The van der Waals surface area contributed by atoms with Crippen molar-refractivity contribution >= 4 is 12.0 Å². The van der Waals surface area contributed by atoms with Gasteiger partial charge in [0.25, 0.3) is 0 Å². The zero-order chi connectivity index (χ0) is 23.4. The van der Waals surface area contributed by atoms with Crippen molar-refractivity contribution in [1.29, 1.82) is 0 Å². The number of aliphatic carboxylic acids is 1. The van der Waals surface area contributed by atoms with E-state index in [2.05, 4.69) is 15.4 Å². The first-order valence-electron chi connectivity index (χ1n) is 10.7. The van der Waals surface area contributed by atoms with Gasteiger partial charge in [-0.1, -0.05) is 5.16 Å². The molecule has 32 heavy (non-hydrogen) atoms. The van der Waals surface area contributed by atoms with E-state index < -0.39 is 12.1 Å². The van der Waals surface area contributed by atoms with Gasteiger partial charge in [0, 0.05) is 51.4 Å². The van der Waals surface area contributed by atoms with E-state index in [4.69, 9.17) is 19.2 Å². The SMILES string of the molecule is Cc1cc(CN2CC[C@@]3(C[C@H](NC(=O)N4CCCC4)CCO3)C2)no1.O=C(O)C(F)(F)F. The average Bonchev–Trinajstić information content (AvgIpc) is 3.45.